The second kappa shape index (κ2) is 6.88. The van der Waals surface area contributed by atoms with Crippen LogP contribution in [0.4, 0.5) is 0 Å². The van der Waals surface area contributed by atoms with Gasteiger partial charge in [0, 0.05) is 13.0 Å². The molecule has 0 aliphatic carbocycles. The maximum atomic E-state index is 11.8. The molecule has 1 heterocycles. The monoisotopic (exact) mass is 290 g/mol. The highest BCUT2D eigenvalue weighted by molar-refractivity contribution is 6.36. The van der Waals surface area contributed by atoms with E-state index in [-0.39, 0.29) is 18.0 Å². The van der Waals surface area contributed by atoms with Crippen LogP contribution in [0, 0.1) is 0 Å². The molecule has 6 nitrogen and oxygen atoms in total. The minimum atomic E-state index is -1.15. The van der Waals surface area contributed by atoms with Crippen molar-refractivity contribution < 1.29 is 19.5 Å². The van der Waals surface area contributed by atoms with Crippen LogP contribution in [0.2, 0.25) is 0 Å². The molecule has 0 saturated carbocycles. The van der Waals surface area contributed by atoms with E-state index < -0.39 is 12.1 Å². The molecular weight excluding hydrogens is 272 g/mol. The minimum absolute atomic E-state index is 0.00933. The number of nitrogens with one attached hydrogen (secondary N) is 1. The van der Waals surface area contributed by atoms with Crippen molar-refractivity contribution in [3.05, 3.63) is 35.9 Å². The van der Waals surface area contributed by atoms with E-state index >= 15 is 0 Å². The number of amides is 1. The van der Waals surface area contributed by atoms with E-state index in [1.54, 1.807) is 0 Å². The van der Waals surface area contributed by atoms with Crippen LogP contribution in [0.3, 0.4) is 0 Å². The molecule has 2 atom stereocenters. The second-order valence-electron chi connectivity index (χ2n) is 5.03. The van der Waals surface area contributed by atoms with E-state index in [2.05, 4.69) is 29.5 Å². The topological polar surface area (TPSA) is 88.0 Å². The fourth-order valence-electron chi connectivity index (χ4n) is 2.12. The van der Waals surface area contributed by atoms with Gasteiger partial charge in [-0.3, -0.25) is 4.79 Å². The van der Waals surface area contributed by atoms with E-state index in [0.717, 1.165) is 6.42 Å². The van der Waals surface area contributed by atoms with Gasteiger partial charge in [-0.25, -0.2) is 4.79 Å². The van der Waals surface area contributed by atoms with E-state index in [1.807, 2.05) is 18.2 Å². The van der Waals surface area contributed by atoms with Gasteiger partial charge in [0.1, 0.15) is 0 Å². The van der Waals surface area contributed by atoms with Gasteiger partial charge < -0.3 is 15.3 Å². The molecule has 0 spiro atoms. The number of oxime groups is 1. The third-order valence-corrected chi connectivity index (χ3v) is 3.45. The molecule has 0 fully saturated rings. The Morgan fingerprint density at radius 3 is 2.76 bits per heavy atom. The van der Waals surface area contributed by atoms with Crippen LogP contribution >= 0.6 is 0 Å². The van der Waals surface area contributed by atoms with Crippen LogP contribution in [-0.2, 0) is 14.4 Å². The second-order valence-corrected chi connectivity index (χ2v) is 5.03. The highest BCUT2D eigenvalue weighted by Crippen LogP contribution is 2.17. The van der Waals surface area contributed by atoms with Crippen LogP contribution in [0.15, 0.2) is 35.5 Å². The number of carboxylic acids is 1. The van der Waals surface area contributed by atoms with Crippen LogP contribution in [-0.4, -0.2) is 35.3 Å². The molecule has 112 valence electrons. The number of carbonyl (C=O) groups excluding carboxylic acids is 1. The summed E-state index contributed by atoms with van der Waals surface area (Å²) in [4.78, 5) is 27.3. The van der Waals surface area contributed by atoms with Crippen molar-refractivity contribution in [1.82, 2.24) is 5.32 Å². The molecule has 0 aromatic heterocycles. The number of aliphatic carboxylic acids is 1. The van der Waals surface area contributed by atoms with Crippen molar-refractivity contribution in [2.45, 2.75) is 31.8 Å². The van der Waals surface area contributed by atoms with Gasteiger partial charge in [0.25, 0.3) is 5.91 Å². The molecular formula is C15H18N2O4. The van der Waals surface area contributed by atoms with Gasteiger partial charge >= 0.3 is 5.97 Å². The van der Waals surface area contributed by atoms with Gasteiger partial charge in [-0.1, -0.05) is 42.4 Å². The Morgan fingerprint density at radius 1 is 1.43 bits per heavy atom. The molecule has 1 aliphatic rings. The molecule has 0 bridgehead atoms. The number of carboxylic acid groups (broad SMARTS) is 1. The van der Waals surface area contributed by atoms with Gasteiger partial charge in [0.2, 0.25) is 6.10 Å². The van der Waals surface area contributed by atoms with Gasteiger partial charge in [0.15, 0.2) is 5.71 Å². The molecule has 1 aliphatic heterocycles. The molecule has 2 N–H and O–H groups in total. The first-order valence-corrected chi connectivity index (χ1v) is 6.86. The lowest BCUT2D eigenvalue weighted by Gasteiger charge is -2.13. The van der Waals surface area contributed by atoms with Gasteiger partial charge in [-0.05, 0) is 17.9 Å². The standard InChI is InChI=1S/C15H18N2O4/c1-10(11-5-3-2-4-6-11)7-8-16-14(18)13-9-12(15(19)20)17-21-13/h2-6,10,13H,7-9H2,1H3,(H,16,18)(H,19,20). The first-order chi connectivity index (χ1) is 10.1. The lowest BCUT2D eigenvalue weighted by molar-refractivity contribution is -0.131. The number of rotatable bonds is 6. The third kappa shape index (κ3) is 4.05. The predicted molar refractivity (Wildman–Crippen MR) is 77.0 cm³/mol. The Kier molecular flexibility index (Phi) is 4.92. The minimum Gasteiger partial charge on any atom is -0.477 e. The summed E-state index contributed by atoms with van der Waals surface area (Å²) < 4.78 is 0. The van der Waals surface area contributed by atoms with Crippen LogP contribution in [0.1, 0.15) is 31.2 Å². The SMILES string of the molecule is CC(CCNC(=O)C1CC(C(=O)O)=NO1)c1ccccc1. The van der Waals surface area contributed by atoms with Gasteiger partial charge in [-0.15, -0.1) is 0 Å². The Morgan fingerprint density at radius 2 is 2.14 bits per heavy atom. The Labute approximate surface area is 122 Å². The lowest BCUT2D eigenvalue weighted by atomic mass is 9.98. The molecule has 0 radical (unpaired) electrons. The first kappa shape index (κ1) is 15.0. The molecule has 0 saturated heterocycles. The molecule has 6 heteroatoms. The third-order valence-electron chi connectivity index (χ3n) is 3.45. The van der Waals surface area contributed by atoms with Crippen molar-refractivity contribution in [2.75, 3.05) is 6.54 Å². The first-order valence-electron chi connectivity index (χ1n) is 6.86. The smallest absolute Gasteiger partial charge is 0.353 e. The quantitative estimate of drug-likeness (QED) is 0.831. The number of carbonyl (C=O) groups is 2. The highest BCUT2D eigenvalue weighted by Gasteiger charge is 2.31. The molecule has 1 aromatic carbocycles. The number of nitrogens with zero attached hydrogens (tertiary/aromatic N) is 1. The van der Waals surface area contributed by atoms with E-state index in [4.69, 9.17) is 9.94 Å². The van der Waals surface area contributed by atoms with Gasteiger partial charge in [0.05, 0.1) is 0 Å². The molecule has 21 heavy (non-hydrogen) atoms. The summed E-state index contributed by atoms with van der Waals surface area (Å²) in [5.41, 5.74) is 1.10. The number of hydrogen-bond donors (Lipinski definition) is 2. The van der Waals surface area contributed by atoms with Crippen LogP contribution in [0.5, 0.6) is 0 Å². The summed E-state index contributed by atoms with van der Waals surface area (Å²) in [5.74, 6) is -1.14. The zero-order valence-corrected chi connectivity index (χ0v) is 11.8. The van der Waals surface area contributed by atoms with Crippen molar-refractivity contribution in [1.29, 1.82) is 0 Å². The molecule has 2 unspecified atom stereocenters. The van der Waals surface area contributed by atoms with Crippen LogP contribution < -0.4 is 5.32 Å². The lowest BCUT2D eigenvalue weighted by Crippen LogP contribution is -2.36. The summed E-state index contributed by atoms with van der Waals surface area (Å²) in [6.45, 7) is 2.61. The fraction of sp³-hybridized carbons (Fsp3) is 0.400. The Hall–Kier alpha value is -2.37. The highest BCUT2D eigenvalue weighted by atomic mass is 16.6. The molecule has 2 rings (SSSR count). The molecule has 1 amide bonds. The predicted octanol–water partition coefficient (Wildman–Crippen LogP) is 1.53. The Bertz CT molecular complexity index is 542. The zero-order valence-electron chi connectivity index (χ0n) is 11.8. The summed E-state index contributed by atoms with van der Waals surface area (Å²) >= 11 is 0. The summed E-state index contributed by atoms with van der Waals surface area (Å²) in [6.07, 6.45) is -0.0204. The summed E-state index contributed by atoms with van der Waals surface area (Å²) in [7, 11) is 0. The summed E-state index contributed by atoms with van der Waals surface area (Å²) in [6, 6.07) is 10.1. The normalized spacial score (nSPS) is 18.5. The van der Waals surface area contributed by atoms with Gasteiger partial charge in [-0.2, -0.15) is 0 Å². The maximum absolute atomic E-state index is 11.8. The summed E-state index contributed by atoms with van der Waals surface area (Å²) in [5, 5.41) is 14.9. The van der Waals surface area contributed by atoms with Crippen LogP contribution in [0.25, 0.3) is 0 Å². The fourth-order valence-corrected chi connectivity index (χ4v) is 2.12. The Balaban J connectivity index is 1.72. The van der Waals surface area contributed by atoms with Crippen molar-refractivity contribution >= 4 is 17.6 Å². The zero-order chi connectivity index (χ0) is 15.2. The number of hydrogen-bond acceptors (Lipinski definition) is 4. The number of benzene rings is 1. The largest absolute Gasteiger partial charge is 0.477 e. The van der Waals surface area contributed by atoms with E-state index in [1.165, 1.54) is 5.56 Å². The average molecular weight is 290 g/mol. The van der Waals surface area contributed by atoms with E-state index in [0.29, 0.717) is 12.5 Å². The van der Waals surface area contributed by atoms with E-state index in [9.17, 15) is 9.59 Å². The van der Waals surface area contributed by atoms with Crippen molar-refractivity contribution in [2.24, 2.45) is 5.16 Å². The molecule has 1 aromatic rings. The van der Waals surface area contributed by atoms with Crippen molar-refractivity contribution in [3.63, 3.8) is 0 Å². The maximum Gasteiger partial charge on any atom is 0.353 e. The average Bonchev–Trinajstić information content (AvgIpc) is 2.98. The van der Waals surface area contributed by atoms with Crippen molar-refractivity contribution in [3.8, 4) is 0 Å².